The standard InChI is InChI=1S/C28H42N4O7/c1-6-37-26(35)22(23-16-19(2)30-39-23)17-29-25(34)21-8-7-13-32(18-21)24(33)10-9-20-11-14-31(15-12-20)27(36)38-28(3,4)5/h11,16,21-22H,6-10,12-15,17-18H2,1-5H3,(H,29,34)/t21-,22+/m1/s1. The number of hydrogen-bond acceptors (Lipinski definition) is 8. The van der Waals surface area contributed by atoms with Crippen LogP contribution in [0.3, 0.4) is 0 Å². The second-order valence-electron chi connectivity index (χ2n) is 11.1. The number of rotatable bonds is 9. The van der Waals surface area contributed by atoms with Crippen LogP contribution in [0.1, 0.15) is 77.2 Å². The number of carbonyl (C=O) groups excluding carboxylic acids is 4. The van der Waals surface area contributed by atoms with Gasteiger partial charge in [-0.1, -0.05) is 16.8 Å². The van der Waals surface area contributed by atoms with Crippen LogP contribution in [0, 0.1) is 12.8 Å². The summed E-state index contributed by atoms with van der Waals surface area (Å²) in [6, 6.07) is 1.66. The first-order chi connectivity index (χ1) is 18.5. The number of piperidine rings is 1. The maximum atomic E-state index is 13.0. The molecule has 0 radical (unpaired) electrons. The summed E-state index contributed by atoms with van der Waals surface area (Å²) in [4.78, 5) is 54.0. The van der Waals surface area contributed by atoms with Crippen molar-refractivity contribution < 1.29 is 33.2 Å². The largest absolute Gasteiger partial charge is 0.465 e. The molecular weight excluding hydrogens is 504 g/mol. The summed E-state index contributed by atoms with van der Waals surface area (Å²) in [5, 5.41) is 6.69. The van der Waals surface area contributed by atoms with Gasteiger partial charge in [-0.3, -0.25) is 14.4 Å². The highest BCUT2D eigenvalue weighted by atomic mass is 16.6. The molecule has 11 nitrogen and oxygen atoms in total. The van der Waals surface area contributed by atoms with Gasteiger partial charge in [-0.2, -0.15) is 0 Å². The van der Waals surface area contributed by atoms with Crippen molar-refractivity contribution in [1.82, 2.24) is 20.3 Å². The van der Waals surface area contributed by atoms with E-state index in [1.54, 1.807) is 29.7 Å². The number of ether oxygens (including phenoxy) is 2. The molecule has 0 aromatic carbocycles. The van der Waals surface area contributed by atoms with Crippen molar-refractivity contribution in [1.29, 1.82) is 0 Å². The number of aromatic nitrogens is 1. The number of carbonyl (C=O) groups is 4. The van der Waals surface area contributed by atoms with Gasteiger partial charge in [0.2, 0.25) is 11.8 Å². The van der Waals surface area contributed by atoms with Crippen molar-refractivity contribution in [2.75, 3.05) is 39.3 Å². The predicted molar refractivity (Wildman–Crippen MR) is 143 cm³/mol. The van der Waals surface area contributed by atoms with E-state index in [0.29, 0.717) is 63.3 Å². The van der Waals surface area contributed by atoms with Crippen molar-refractivity contribution in [2.24, 2.45) is 5.92 Å². The van der Waals surface area contributed by atoms with Crippen LogP contribution in [0.2, 0.25) is 0 Å². The monoisotopic (exact) mass is 546 g/mol. The molecule has 216 valence electrons. The minimum absolute atomic E-state index is 0.0181. The third-order valence-corrected chi connectivity index (χ3v) is 6.80. The summed E-state index contributed by atoms with van der Waals surface area (Å²) < 4.78 is 15.8. The highest BCUT2D eigenvalue weighted by Crippen LogP contribution is 2.23. The minimum atomic E-state index is -0.786. The van der Waals surface area contributed by atoms with Crippen LogP contribution in [-0.4, -0.2) is 83.8 Å². The van der Waals surface area contributed by atoms with Crippen LogP contribution >= 0.6 is 0 Å². The lowest BCUT2D eigenvalue weighted by atomic mass is 9.95. The maximum Gasteiger partial charge on any atom is 0.410 e. The lowest BCUT2D eigenvalue weighted by molar-refractivity contribution is -0.145. The van der Waals surface area contributed by atoms with E-state index in [9.17, 15) is 19.2 Å². The summed E-state index contributed by atoms with van der Waals surface area (Å²) in [6.45, 7) is 11.3. The molecule has 1 aromatic rings. The molecule has 11 heteroatoms. The highest BCUT2D eigenvalue weighted by Gasteiger charge is 2.31. The van der Waals surface area contributed by atoms with Gasteiger partial charge in [0.1, 0.15) is 11.5 Å². The fourth-order valence-corrected chi connectivity index (χ4v) is 4.71. The van der Waals surface area contributed by atoms with E-state index < -0.39 is 17.5 Å². The smallest absolute Gasteiger partial charge is 0.410 e. The van der Waals surface area contributed by atoms with E-state index >= 15 is 0 Å². The number of esters is 1. The maximum absolute atomic E-state index is 13.0. The van der Waals surface area contributed by atoms with Gasteiger partial charge in [0.05, 0.1) is 18.2 Å². The van der Waals surface area contributed by atoms with Gasteiger partial charge in [-0.25, -0.2) is 4.79 Å². The Balaban J connectivity index is 1.46. The summed E-state index contributed by atoms with van der Waals surface area (Å²) in [6.07, 6.45) is 4.80. The van der Waals surface area contributed by atoms with Gasteiger partial charge >= 0.3 is 12.1 Å². The Morgan fingerprint density at radius 3 is 2.59 bits per heavy atom. The molecule has 3 amide bonds. The molecule has 0 saturated carbocycles. The summed E-state index contributed by atoms with van der Waals surface area (Å²) >= 11 is 0. The molecule has 2 aliphatic heterocycles. The number of hydrogen-bond donors (Lipinski definition) is 1. The van der Waals surface area contributed by atoms with Gasteiger partial charge < -0.3 is 29.1 Å². The van der Waals surface area contributed by atoms with Gasteiger partial charge in [-0.05, 0) is 60.3 Å². The van der Waals surface area contributed by atoms with Crippen LogP contribution in [0.15, 0.2) is 22.2 Å². The average Bonchev–Trinajstić information content (AvgIpc) is 3.32. The number of aryl methyl sites for hydroxylation is 1. The molecule has 3 rings (SSSR count). The Kier molecular flexibility index (Phi) is 10.5. The number of nitrogens with zero attached hydrogens (tertiary/aromatic N) is 3. The molecule has 0 unspecified atom stereocenters. The summed E-state index contributed by atoms with van der Waals surface area (Å²) in [5.41, 5.74) is 1.26. The van der Waals surface area contributed by atoms with E-state index in [0.717, 1.165) is 12.0 Å². The van der Waals surface area contributed by atoms with Crippen LogP contribution in [-0.2, 0) is 23.9 Å². The van der Waals surface area contributed by atoms with Crippen LogP contribution in [0.25, 0.3) is 0 Å². The van der Waals surface area contributed by atoms with Crippen molar-refractivity contribution in [3.63, 3.8) is 0 Å². The van der Waals surface area contributed by atoms with E-state index in [1.807, 2.05) is 26.8 Å². The van der Waals surface area contributed by atoms with E-state index in [2.05, 4.69) is 10.5 Å². The molecule has 0 spiro atoms. The predicted octanol–water partition coefficient (Wildman–Crippen LogP) is 3.33. The van der Waals surface area contributed by atoms with Gasteiger partial charge in [0.15, 0.2) is 5.76 Å². The Morgan fingerprint density at radius 2 is 1.97 bits per heavy atom. The number of nitrogens with one attached hydrogen (secondary N) is 1. The zero-order valence-electron chi connectivity index (χ0n) is 23.8. The lowest BCUT2D eigenvalue weighted by Gasteiger charge is -2.33. The quantitative estimate of drug-likeness (QED) is 0.369. The molecule has 1 fully saturated rings. The fourth-order valence-electron chi connectivity index (χ4n) is 4.71. The third-order valence-electron chi connectivity index (χ3n) is 6.80. The van der Waals surface area contributed by atoms with Crippen LogP contribution in [0.5, 0.6) is 0 Å². The first kappa shape index (κ1) is 30.2. The molecule has 2 aliphatic rings. The molecule has 0 bridgehead atoms. The molecule has 3 heterocycles. The zero-order chi connectivity index (χ0) is 28.6. The topological polar surface area (TPSA) is 131 Å². The van der Waals surface area contributed by atoms with E-state index in [4.69, 9.17) is 14.0 Å². The normalized spacial score (nSPS) is 18.7. The SMILES string of the molecule is CCOC(=O)[C@@H](CNC(=O)[C@@H]1CCCN(C(=O)CCC2=CCN(C(=O)OC(C)(C)C)CC2)C1)c1cc(C)no1. The Morgan fingerprint density at radius 1 is 1.21 bits per heavy atom. The summed E-state index contributed by atoms with van der Waals surface area (Å²) in [5.74, 6) is -1.46. The Bertz CT molecular complexity index is 1060. The first-order valence-corrected chi connectivity index (χ1v) is 13.8. The lowest BCUT2D eigenvalue weighted by Crippen LogP contribution is -2.46. The Hall–Kier alpha value is -3.37. The molecule has 2 atom stereocenters. The van der Waals surface area contributed by atoms with E-state index in [-0.39, 0.29) is 37.0 Å². The molecule has 0 aliphatic carbocycles. The summed E-state index contributed by atoms with van der Waals surface area (Å²) in [7, 11) is 0. The van der Waals surface area contributed by atoms with E-state index in [1.165, 1.54) is 0 Å². The van der Waals surface area contributed by atoms with Crippen molar-refractivity contribution in [2.45, 2.75) is 78.2 Å². The average molecular weight is 547 g/mol. The number of likely N-dealkylation sites (tertiary alicyclic amines) is 1. The zero-order valence-corrected chi connectivity index (χ0v) is 23.8. The molecule has 39 heavy (non-hydrogen) atoms. The minimum Gasteiger partial charge on any atom is -0.465 e. The molecule has 1 N–H and O–H groups in total. The van der Waals surface area contributed by atoms with Crippen LogP contribution < -0.4 is 5.32 Å². The third kappa shape index (κ3) is 9.11. The van der Waals surface area contributed by atoms with Gasteiger partial charge in [-0.15, -0.1) is 0 Å². The Labute approximate surface area is 230 Å². The second-order valence-corrected chi connectivity index (χ2v) is 11.1. The van der Waals surface area contributed by atoms with Gasteiger partial charge in [0, 0.05) is 45.2 Å². The molecule has 1 aromatic heterocycles. The second kappa shape index (κ2) is 13.6. The molecular formula is C28H42N4O7. The highest BCUT2D eigenvalue weighted by molar-refractivity contribution is 5.83. The van der Waals surface area contributed by atoms with Crippen LogP contribution in [0.4, 0.5) is 4.79 Å². The number of amides is 3. The molecule has 1 saturated heterocycles. The fraction of sp³-hybridized carbons (Fsp3) is 0.679. The first-order valence-electron chi connectivity index (χ1n) is 13.8. The van der Waals surface area contributed by atoms with Gasteiger partial charge in [0.25, 0.3) is 0 Å². The van der Waals surface area contributed by atoms with Crippen molar-refractivity contribution >= 4 is 23.9 Å². The van der Waals surface area contributed by atoms with Crippen molar-refractivity contribution in [3.05, 3.63) is 29.2 Å². The van der Waals surface area contributed by atoms with Crippen molar-refractivity contribution in [3.8, 4) is 0 Å².